The van der Waals surface area contributed by atoms with E-state index in [0.29, 0.717) is 13.1 Å². The summed E-state index contributed by atoms with van der Waals surface area (Å²) in [5, 5.41) is 1.20. The molecular formula is C17H24ClN3O. The van der Waals surface area contributed by atoms with Gasteiger partial charge in [-0.05, 0) is 56.0 Å². The van der Waals surface area contributed by atoms with Crippen molar-refractivity contribution >= 4 is 23.3 Å². The van der Waals surface area contributed by atoms with E-state index in [0.717, 1.165) is 50.0 Å². The zero-order valence-electron chi connectivity index (χ0n) is 12.8. The van der Waals surface area contributed by atoms with Gasteiger partial charge in [0.15, 0.2) is 0 Å². The van der Waals surface area contributed by atoms with Crippen LogP contribution in [0.5, 0.6) is 5.75 Å². The van der Waals surface area contributed by atoms with E-state index in [1.54, 1.807) is 0 Å². The lowest BCUT2D eigenvalue weighted by molar-refractivity contribution is 0.305. The minimum absolute atomic E-state index is 0. The number of hydrogen-bond donors (Lipinski definition) is 2. The lowest BCUT2D eigenvalue weighted by Gasteiger charge is -2.06. The Morgan fingerprint density at radius 1 is 1.18 bits per heavy atom. The molecule has 0 aliphatic heterocycles. The Kier molecular flexibility index (Phi) is 8.42. The Balaban J connectivity index is 0.00000242. The van der Waals surface area contributed by atoms with E-state index < -0.39 is 0 Å². The Morgan fingerprint density at radius 3 is 2.77 bits per heavy atom. The van der Waals surface area contributed by atoms with Crippen LogP contribution < -0.4 is 10.5 Å². The molecule has 0 radical (unpaired) electrons. The number of nitrogens with two attached hydrogens (primary N) is 1. The maximum atomic E-state index is 6.72. The lowest BCUT2D eigenvalue weighted by atomic mass is 10.1. The highest BCUT2D eigenvalue weighted by atomic mass is 35.5. The Bertz CT molecular complexity index is 603. The Morgan fingerprint density at radius 2 is 2.00 bits per heavy atom. The van der Waals surface area contributed by atoms with Crippen LogP contribution in [0.3, 0.4) is 0 Å². The number of ether oxygens (including phenoxy) is 1. The molecule has 0 fully saturated rings. The molecule has 2 aromatic rings. The summed E-state index contributed by atoms with van der Waals surface area (Å²) in [4.78, 5) is 6.62. The number of aromatic amines is 1. The molecule has 5 heteroatoms. The topological polar surface area (TPSA) is 55.4 Å². The van der Waals surface area contributed by atoms with Crippen molar-refractivity contribution in [1.82, 2.24) is 4.98 Å². The fourth-order valence-corrected chi connectivity index (χ4v) is 2.45. The molecule has 0 aliphatic rings. The third-order valence-corrected chi connectivity index (χ3v) is 3.59. The van der Waals surface area contributed by atoms with E-state index in [2.05, 4.69) is 22.0 Å². The number of fused-ring (bicyclic) bond motifs is 1. The van der Waals surface area contributed by atoms with Crippen molar-refractivity contribution in [3.8, 4) is 5.75 Å². The van der Waals surface area contributed by atoms with E-state index in [1.165, 1.54) is 10.9 Å². The second-order valence-corrected chi connectivity index (χ2v) is 5.20. The van der Waals surface area contributed by atoms with E-state index in [1.807, 2.05) is 12.3 Å². The number of benzene rings is 1. The summed E-state index contributed by atoms with van der Waals surface area (Å²) >= 11 is 0. The first-order chi connectivity index (χ1) is 10.3. The normalized spacial score (nSPS) is 10.2. The molecule has 22 heavy (non-hydrogen) atoms. The largest absolute Gasteiger partial charge is 0.494 e. The van der Waals surface area contributed by atoms with Crippen LogP contribution in [0.1, 0.15) is 31.2 Å². The summed E-state index contributed by atoms with van der Waals surface area (Å²) in [7, 11) is 0. The molecule has 4 nitrogen and oxygen atoms in total. The number of halogens is 1. The van der Waals surface area contributed by atoms with Crippen LogP contribution in [-0.2, 0) is 6.42 Å². The third kappa shape index (κ3) is 5.25. The van der Waals surface area contributed by atoms with E-state index in [4.69, 9.17) is 17.0 Å². The van der Waals surface area contributed by atoms with Crippen LogP contribution in [0.4, 0.5) is 0 Å². The van der Waals surface area contributed by atoms with Gasteiger partial charge in [0.25, 0.3) is 0 Å². The van der Waals surface area contributed by atoms with Gasteiger partial charge in [0.1, 0.15) is 5.75 Å². The average molecular weight is 322 g/mol. The van der Waals surface area contributed by atoms with Crippen LogP contribution in [0, 0.1) is 6.57 Å². The summed E-state index contributed by atoms with van der Waals surface area (Å²) in [6, 6.07) is 6.15. The molecule has 0 saturated carbocycles. The highest BCUT2D eigenvalue weighted by Gasteiger charge is 2.04. The van der Waals surface area contributed by atoms with E-state index >= 15 is 0 Å². The van der Waals surface area contributed by atoms with Gasteiger partial charge in [-0.25, -0.2) is 6.57 Å². The van der Waals surface area contributed by atoms with Crippen molar-refractivity contribution in [3.63, 3.8) is 0 Å². The van der Waals surface area contributed by atoms with Gasteiger partial charge in [0, 0.05) is 23.5 Å². The zero-order chi connectivity index (χ0) is 14.9. The molecule has 1 heterocycles. The number of aromatic nitrogens is 1. The average Bonchev–Trinajstić information content (AvgIpc) is 2.89. The van der Waals surface area contributed by atoms with Gasteiger partial charge in [-0.1, -0.05) is 0 Å². The van der Waals surface area contributed by atoms with Gasteiger partial charge >= 0.3 is 0 Å². The van der Waals surface area contributed by atoms with Crippen molar-refractivity contribution < 1.29 is 4.74 Å². The number of nitrogens with zero attached hydrogens (tertiary/aromatic N) is 1. The third-order valence-electron chi connectivity index (χ3n) is 3.59. The highest BCUT2D eigenvalue weighted by Crippen LogP contribution is 2.24. The van der Waals surface area contributed by atoms with Crippen LogP contribution >= 0.6 is 12.4 Å². The van der Waals surface area contributed by atoms with Gasteiger partial charge in [-0.3, -0.25) is 0 Å². The smallest absolute Gasteiger partial charge is 0.214 e. The number of H-pyrrole nitrogens is 1. The maximum absolute atomic E-state index is 6.72. The van der Waals surface area contributed by atoms with Crippen molar-refractivity contribution in [2.24, 2.45) is 5.73 Å². The number of nitrogens with one attached hydrogen (secondary N) is 1. The van der Waals surface area contributed by atoms with Gasteiger partial charge in [-0.2, -0.15) is 0 Å². The van der Waals surface area contributed by atoms with Gasteiger partial charge in [-0.15, -0.1) is 12.4 Å². The van der Waals surface area contributed by atoms with E-state index in [9.17, 15) is 0 Å². The van der Waals surface area contributed by atoms with Crippen LogP contribution in [0.2, 0.25) is 0 Å². The van der Waals surface area contributed by atoms with Crippen molar-refractivity contribution in [1.29, 1.82) is 0 Å². The summed E-state index contributed by atoms with van der Waals surface area (Å²) in [5.41, 5.74) is 8.01. The highest BCUT2D eigenvalue weighted by molar-refractivity contribution is 5.85. The minimum Gasteiger partial charge on any atom is -0.494 e. The molecule has 0 atom stereocenters. The van der Waals surface area contributed by atoms with Gasteiger partial charge in [0.05, 0.1) is 6.61 Å². The number of rotatable bonds is 9. The molecule has 1 aromatic carbocycles. The molecule has 0 bridgehead atoms. The van der Waals surface area contributed by atoms with Crippen LogP contribution in [-0.4, -0.2) is 24.7 Å². The predicted octanol–water partition coefficient (Wildman–Crippen LogP) is 3.95. The molecule has 3 N–H and O–H groups in total. The fourth-order valence-electron chi connectivity index (χ4n) is 2.45. The minimum atomic E-state index is 0. The number of unbranched alkanes of at least 4 members (excludes halogenated alkanes) is 3. The second-order valence-electron chi connectivity index (χ2n) is 5.20. The van der Waals surface area contributed by atoms with Crippen molar-refractivity contribution in [3.05, 3.63) is 41.4 Å². The Labute approximate surface area is 138 Å². The summed E-state index contributed by atoms with van der Waals surface area (Å²) in [6.07, 6.45) is 7.19. The predicted molar refractivity (Wildman–Crippen MR) is 93.7 cm³/mol. The first kappa shape index (κ1) is 18.3. The quantitative estimate of drug-likeness (QED) is 0.542. The molecule has 0 amide bonds. The van der Waals surface area contributed by atoms with Crippen LogP contribution in [0.15, 0.2) is 24.4 Å². The molecule has 0 unspecified atom stereocenters. The molecule has 2 rings (SSSR count). The van der Waals surface area contributed by atoms with Crippen molar-refractivity contribution in [2.75, 3.05) is 19.7 Å². The fraction of sp³-hybridized carbons (Fsp3) is 0.471. The summed E-state index contributed by atoms with van der Waals surface area (Å²) in [6.45, 7) is 8.76. The first-order valence-corrected chi connectivity index (χ1v) is 7.61. The molecule has 0 saturated heterocycles. The van der Waals surface area contributed by atoms with Crippen molar-refractivity contribution in [2.45, 2.75) is 32.1 Å². The zero-order valence-corrected chi connectivity index (χ0v) is 13.6. The van der Waals surface area contributed by atoms with Gasteiger partial charge < -0.3 is 20.3 Å². The number of hydrogen-bond acceptors (Lipinski definition) is 2. The lowest BCUT2D eigenvalue weighted by Crippen LogP contribution is -2.02. The summed E-state index contributed by atoms with van der Waals surface area (Å²) < 4.78 is 5.82. The second kappa shape index (κ2) is 10.1. The molecular weight excluding hydrogens is 298 g/mol. The Hall–Kier alpha value is -1.70. The SMILES string of the molecule is Cl.[C-]#[N+]CCCCCCOc1ccc2[nH]cc(CCN)c2c1. The molecule has 120 valence electrons. The molecule has 1 aromatic heterocycles. The van der Waals surface area contributed by atoms with E-state index in [-0.39, 0.29) is 12.4 Å². The summed E-state index contributed by atoms with van der Waals surface area (Å²) in [5.74, 6) is 0.918. The first-order valence-electron chi connectivity index (χ1n) is 7.61. The van der Waals surface area contributed by atoms with Gasteiger partial charge in [0.2, 0.25) is 6.54 Å². The van der Waals surface area contributed by atoms with Crippen LogP contribution in [0.25, 0.3) is 15.7 Å². The maximum Gasteiger partial charge on any atom is 0.214 e. The standard InChI is InChI=1S/C17H23N3O.ClH/c1-19-10-4-2-3-5-11-21-15-6-7-17-16(12-15)14(8-9-18)13-20-17;/h6-7,12-13,20H,2-5,8-11,18H2;1H. The molecule has 0 aliphatic carbocycles. The molecule has 0 spiro atoms. The monoisotopic (exact) mass is 321 g/mol.